The van der Waals surface area contributed by atoms with Crippen molar-refractivity contribution in [3.63, 3.8) is 0 Å². The fourth-order valence-corrected chi connectivity index (χ4v) is 3.40. The van der Waals surface area contributed by atoms with E-state index in [0.29, 0.717) is 12.8 Å². The minimum absolute atomic E-state index is 0.101. The molecule has 0 radical (unpaired) electrons. The van der Waals surface area contributed by atoms with Crippen molar-refractivity contribution in [3.05, 3.63) is 70.3 Å². The number of benzene rings is 2. The van der Waals surface area contributed by atoms with Crippen LogP contribution in [-0.4, -0.2) is 23.2 Å². The molecule has 0 bridgehead atoms. The van der Waals surface area contributed by atoms with Crippen LogP contribution in [0.4, 0.5) is 10.5 Å². The zero-order valence-corrected chi connectivity index (χ0v) is 19.6. The number of hydrogen-bond acceptors (Lipinski definition) is 7. The number of non-ortho nitro benzene ring substituents is 1. The van der Waals surface area contributed by atoms with Crippen molar-refractivity contribution in [3.8, 4) is 5.75 Å². The maximum Gasteiger partial charge on any atom is 0.514 e. The number of ether oxygens (including phenoxy) is 3. The Labute approximate surface area is 200 Å². The molecule has 2 aromatic carbocycles. The molecule has 0 N–H and O–H groups in total. The molecule has 2 aromatic rings. The summed E-state index contributed by atoms with van der Waals surface area (Å²) in [6.07, 6.45) is 6.25. The molecule has 0 unspecified atom stereocenters. The number of carbonyl (C=O) groups excluding carboxylic acids is 2. The summed E-state index contributed by atoms with van der Waals surface area (Å²) in [6.45, 7) is 2.36. The third-order valence-electron chi connectivity index (χ3n) is 5.30. The van der Waals surface area contributed by atoms with E-state index in [4.69, 9.17) is 14.2 Å². The number of nitro groups is 1. The molecule has 0 aliphatic carbocycles. The number of nitro benzene ring substituents is 1. The molecular weight excluding hydrogens is 438 g/mol. The Morgan fingerprint density at radius 3 is 2.26 bits per heavy atom. The lowest BCUT2D eigenvalue weighted by Gasteiger charge is -2.17. The highest BCUT2D eigenvalue weighted by Gasteiger charge is 2.19. The van der Waals surface area contributed by atoms with Gasteiger partial charge in [-0.1, -0.05) is 69.4 Å². The Balaban J connectivity index is 1.83. The molecule has 8 nitrogen and oxygen atoms in total. The third-order valence-corrected chi connectivity index (χ3v) is 5.30. The fourth-order valence-electron chi connectivity index (χ4n) is 3.40. The van der Waals surface area contributed by atoms with Gasteiger partial charge < -0.3 is 14.2 Å². The molecule has 0 fully saturated rings. The molecule has 0 saturated heterocycles. The average Bonchev–Trinajstić information content (AvgIpc) is 2.84. The molecule has 0 aliphatic heterocycles. The van der Waals surface area contributed by atoms with E-state index in [0.717, 1.165) is 24.8 Å². The predicted octanol–water partition coefficient (Wildman–Crippen LogP) is 6.75. The monoisotopic (exact) mass is 471 g/mol. The van der Waals surface area contributed by atoms with Crippen molar-refractivity contribution in [2.24, 2.45) is 0 Å². The highest BCUT2D eigenvalue weighted by atomic mass is 16.7. The molecular formula is C26H33NO7. The van der Waals surface area contributed by atoms with Crippen LogP contribution in [0.3, 0.4) is 0 Å². The van der Waals surface area contributed by atoms with Crippen LogP contribution in [0.5, 0.6) is 5.75 Å². The number of carbonyl (C=O) groups is 2. The quantitative estimate of drug-likeness (QED) is 0.0929. The average molecular weight is 472 g/mol. The molecule has 0 aliphatic rings. The van der Waals surface area contributed by atoms with Crippen molar-refractivity contribution < 1.29 is 28.7 Å². The van der Waals surface area contributed by atoms with E-state index in [1.807, 2.05) is 30.3 Å². The Hall–Kier alpha value is -3.42. The van der Waals surface area contributed by atoms with E-state index in [1.165, 1.54) is 43.5 Å². The molecule has 0 saturated carbocycles. The van der Waals surface area contributed by atoms with E-state index in [2.05, 4.69) is 6.92 Å². The van der Waals surface area contributed by atoms with Gasteiger partial charge in [-0.3, -0.25) is 14.9 Å². The number of nitrogens with zero attached hydrogens (tertiary/aromatic N) is 1. The Bertz CT molecular complexity index is 884. The van der Waals surface area contributed by atoms with Crippen molar-refractivity contribution >= 4 is 17.8 Å². The van der Waals surface area contributed by atoms with Gasteiger partial charge in [-0.05, 0) is 37.0 Å². The lowest BCUT2D eigenvalue weighted by Crippen LogP contribution is -2.22. The highest BCUT2D eigenvalue weighted by molar-refractivity contribution is 5.69. The number of hydrogen-bond donors (Lipinski definition) is 0. The zero-order chi connectivity index (χ0) is 24.6. The zero-order valence-electron chi connectivity index (χ0n) is 19.6. The summed E-state index contributed by atoms with van der Waals surface area (Å²) in [5, 5.41) is 10.8. The van der Waals surface area contributed by atoms with Crippen molar-refractivity contribution in [1.82, 2.24) is 0 Å². The maximum atomic E-state index is 12.3. The van der Waals surface area contributed by atoms with Gasteiger partial charge >= 0.3 is 12.1 Å². The van der Waals surface area contributed by atoms with Gasteiger partial charge in [-0.25, -0.2) is 4.79 Å². The largest absolute Gasteiger partial charge is 0.514 e. The molecule has 1 atom stereocenters. The first-order valence-corrected chi connectivity index (χ1v) is 11.8. The summed E-state index contributed by atoms with van der Waals surface area (Å²) in [6, 6.07) is 14.6. The van der Waals surface area contributed by atoms with Crippen LogP contribution in [0.25, 0.3) is 0 Å². The minimum atomic E-state index is -0.900. The van der Waals surface area contributed by atoms with Crippen molar-refractivity contribution in [2.45, 2.75) is 77.4 Å². The SMILES string of the molecule is CCCCCCCC[C@@H](CCC(=O)OCc1ccccc1)OC(=O)Oc1ccc([N+](=O)[O-])cc1. The Morgan fingerprint density at radius 1 is 0.912 bits per heavy atom. The fraction of sp³-hybridized carbons (Fsp3) is 0.462. The van der Waals surface area contributed by atoms with Crippen molar-refractivity contribution in [1.29, 1.82) is 0 Å². The predicted molar refractivity (Wildman–Crippen MR) is 127 cm³/mol. The van der Waals surface area contributed by atoms with E-state index < -0.39 is 17.2 Å². The molecule has 0 aromatic heterocycles. The van der Waals surface area contributed by atoms with Gasteiger partial charge in [-0.2, -0.15) is 0 Å². The minimum Gasteiger partial charge on any atom is -0.461 e. The van der Waals surface area contributed by atoms with Gasteiger partial charge in [-0.15, -0.1) is 0 Å². The first-order valence-electron chi connectivity index (χ1n) is 11.8. The maximum absolute atomic E-state index is 12.3. The molecule has 0 spiro atoms. The van der Waals surface area contributed by atoms with Gasteiger partial charge in [0.15, 0.2) is 0 Å². The van der Waals surface area contributed by atoms with E-state index in [9.17, 15) is 19.7 Å². The Morgan fingerprint density at radius 2 is 1.59 bits per heavy atom. The van der Waals surface area contributed by atoms with Gasteiger partial charge in [0.25, 0.3) is 5.69 Å². The standard InChI is InChI=1S/C26H33NO7/c1-2-3-4-5-6-10-13-23(18-19-25(28)32-20-21-11-8-7-9-12-21)33-26(29)34-24-16-14-22(15-17-24)27(30)31/h7-9,11-12,14-17,23H,2-6,10,13,18-20H2,1H3/t23-/m0/s1. The van der Waals surface area contributed by atoms with Crippen LogP contribution in [0.1, 0.15) is 70.3 Å². The van der Waals surface area contributed by atoms with Crippen molar-refractivity contribution in [2.75, 3.05) is 0 Å². The summed E-state index contributed by atoms with van der Waals surface area (Å²) < 4.78 is 15.9. The highest BCUT2D eigenvalue weighted by Crippen LogP contribution is 2.20. The summed E-state index contributed by atoms with van der Waals surface area (Å²) in [4.78, 5) is 34.7. The summed E-state index contributed by atoms with van der Waals surface area (Å²) in [5.41, 5.74) is 0.804. The van der Waals surface area contributed by atoms with Crippen LogP contribution < -0.4 is 4.74 Å². The Kier molecular flexibility index (Phi) is 12.2. The second-order valence-electron chi connectivity index (χ2n) is 8.08. The summed E-state index contributed by atoms with van der Waals surface area (Å²) >= 11 is 0. The number of unbranched alkanes of at least 4 members (excludes halogenated alkanes) is 5. The molecule has 0 heterocycles. The normalized spacial score (nSPS) is 11.4. The van der Waals surface area contributed by atoms with Crippen LogP contribution in [-0.2, 0) is 20.9 Å². The first-order chi connectivity index (χ1) is 16.5. The second kappa shape index (κ2) is 15.4. The molecule has 34 heavy (non-hydrogen) atoms. The lowest BCUT2D eigenvalue weighted by atomic mass is 10.0. The van der Waals surface area contributed by atoms with Gasteiger partial charge in [0.05, 0.1) is 4.92 Å². The van der Waals surface area contributed by atoms with E-state index in [-0.39, 0.29) is 30.4 Å². The molecule has 0 amide bonds. The van der Waals surface area contributed by atoms with Gasteiger partial charge in [0.2, 0.25) is 0 Å². The first kappa shape index (κ1) is 26.8. The van der Waals surface area contributed by atoms with Crippen LogP contribution in [0, 0.1) is 10.1 Å². The molecule has 2 rings (SSSR count). The topological polar surface area (TPSA) is 105 Å². The number of rotatable bonds is 15. The molecule has 184 valence electrons. The third kappa shape index (κ3) is 10.9. The van der Waals surface area contributed by atoms with Crippen LogP contribution >= 0.6 is 0 Å². The molecule has 8 heteroatoms. The summed E-state index contributed by atoms with van der Waals surface area (Å²) in [5.74, 6) is -0.208. The van der Waals surface area contributed by atoms with Crippen LogP contribution in [0.2, 0.25) is 0 Å². The van der Waals surface area contributed by atoms with Crippen LogP contribution in [0.15, 0.2) is 54.6 Å². The van der Waals surface area contributed by atoms with E-state index >= 15 is 0 Å². The van der Waals surface area contributed by atoms with Gasteiger partial charge in [0, 0.05) is 18.6 Å². The van der Waals surface area contributed by atoms with E-state index in [1.54, 1.807) is 0 Å². The van der Waals surface area contributed by atoms with Gasteiger partial charge in [0.1, 0.15) is 18.5 Å². The summed E-state index contributed by atoms with van der Waals surface area (Å²) in [7, 11) is 0. The second-order valence-corrected chi connectivity index (χ2v) is 8.08. The lowest BCUT2D eigenvalue weighted by molar-refractivity contribution is -0.384. The smallest absolute Gasteiger partial charge is 0.461 e. The number of esters is 1.